The number of halogens is 3. The SMILES string of the molecule is COC(=O)C1=C(Nc2cc(C(F)(F)F)ccc2C(=O)O)C(=O)N(CCO)C1. The number of rotatable bonds is 6. The Balaban J connectivity index is 2.52. The van der Waals surface area contributed by atoms with Gasteiger partial charge in [0, 0.05) is 6.54 Å². The molecule has 11 heteroatoms. The lowest BCUT2D eigenvalue weighted by Gasteiger charge is -2.16. The van der Waals surface area contributed by atoms with Crippen molar-refractivity contribution in [2.24, 2.45) is 0 Å². The minimum atomic E-state index is -4.74. The number of hydrogen-bond donors (Lipinski definition) is 3. The Morgan fingerprint density at radius 3 is 2.52 bits per heavy atom. The van der Waals surface area contributed by atoms with Crippen molar-refractivity contribution < 1.29 is 42.5 Å². The number of hydrogen-bond acceptors (Lipinski definition) is 6. The van der Waals surface area contributed by atoms with Crippen LogP contribution in [0, 0.1) is 0 Å². The molecule has 1 aromatic rings. The van der Waals surface area contributed by atoms with Gasteiger partial charge in [-0.3, -0.25) is 4.79 Å². The van der Waals surface area contributed by atoms with Gasteiger partial charge in [-0.15, -0.1) is 0 Å². The third-order valence-electron chi connectivity index (χ3n) is 3.79. The molecule has 1 aliphatic rings. The summed E-state index contributed by atoms with van der Waals surface area (Å²) in [6.45, 7) is -0.772. The Bertz CT molecular complexity index is 819. The number of methoxy groups -OCH3 is 1. The zero-order valence-corrected chi connectivity index (χ0v) is 14.0. The summed E-state index contributed by atoms with van der Waals surface area (Å²) in [6.07, 6.45) is -4.74. The molecule has 0 fully saturated rings. The van der Waals surface area contributed by atoms with E-state index in [0.29, 0.717) is 12.1 Å². The average Bonchev–Trinajstić information content (AvgIpc) is 2.90. The highest BCUT2D eigenvalue weighted by atomic mass is 19.4. The Hall–Kier alpha value is -3.08. The molecule has 0 spiro atoms. The van der Waals surface area contributed by atoms with E-state index in [1.165, 1.54) is 0 Å². The lowest BCUT2D eigenvalue weighted by Crippen LogP contribution is -2.31. The molecule has 0 saturated carbocycles. The second-order valence-corrected chi connectivity index (χ2v) is 5.48. The van der Waals surface area contributed by atoms with Gasteiger partial charge in [0.05, 0.1) is 42.6 Å². The van der Waals surface area contributed by atoms with E-state index in [-0.39, 0.29) is 18.7 Å². The molecule has 1 aliphatic heterocycles. The molecule has 0 unspecified atom stereocenters. The standard InChI is InChI=1S/C16H15F3N2O6/c1-27-15(26)10-7-21(4-5-22)13(23)12(10)20-11-6-8(16(17,18)19)2-3-9(11)14(24)25/h2-3,6,20,22H,4-5,7H2,1H3,(H,24,25). The first-order valence-corrected chi connectivity index (χ1v) is 7.53. The van der Waals surface area contributed by atoms with Crippen molar-refractivity contribution in [3.63, 3.8) is 0 Å². The Morgan fingerprint density at radius 2 is 2.00 bits per heavy atom. The maximum absolute atomic E-state index is 12.9. The zero-order valence-electron chi connectivity index (χ0n) is 14.0. The summed E-state index contributed by atoms with van der Waals surface area (Å²) in [5.41, 5.74) is -2.75. The van der Waals surface area contributed by atoms with Gasteiger partial charge in [-0.25, -0.2) is 9.59 Å². The summed E-state index contributed by atoms with van der Waals surface area (Å²) in [7, 11) is 1.05. The fourth-order valence-electron chi connectivity index (χ4n) is 2.49. The predicted molar refractivity (Wildman–Crippen MR) is 84.7 cm³/mol. The number of ether oxygens (including phenoxy) is 1. The van der Waals surface area contributed by atoms with Crippen LogP contribution in [-0.4, -0.2) is 59.8 Å². The first-order valence-electron chi connectivity index (χ1n) is 7.53. The number of anilines is 1. The smallest absolute Gasteiger partial charge is 0.416 e. The van der Waals surface area contributed by atoms with E-state index in [2.05, 4.69) is 10.1 Å². The molecule has 27 heavy (non-hydrogen) atoms. The summed E-state index contributed by atoms with van der Waals surface area (Å²) in [4.78, 5) is 36.7. The predicted octanol–water partition coefficient (Wildman–Crippen LogP) is 1.08. The number of carbonyl (C=O) groups excluding carboxylic acids is 2. The number of aliphatic hydroxyl groups excluding tert-OH is 1. The lowest BCUT2D eigenvalue weighted by molar-refractivity contribution is -0.138. The molecule has 1 aromatic carbocycles. The summed E-state index contributed by atoms with van der Waals surface area (Å²) in [5, 5.41) is 20.5. The van der Waals surface area contributed by atoms with Crippen LogP contribution in [0.2, 0.25) is 0 Å². The number of amides is 1. The van der Waals surface area contributed by atoms with Crippen molar-refractivity contribution in [3.05, 3.63) is 40.6 Å². The van der Waals surface area contributed by atoms with Gasteiger partial charge < -0.3 is 25.2 Å². The number of alkyl halides is 3. The van der Waals surface area contributed by atoms with E-state index in [9.17, 15) is 32.7 Å². The van der Waals surface area contributed by atoms with Gasteiger partial charge in [-0.05, 0) is 18.2 Å². The van der Waals surface area contributed by atoms with Gasteiger partial charge in [0.1, 0.15) is 5.70 Å². The summed E-state index contributed by atoms with van der Waals surface area (Å²) < 4.78 is 43.4. The third-order valence-corrected chi connectivity index (χ3v) is 3.79. The normalized spacial score (nSPS) is 14.6. The number of nitrogens with one attached hydrogen (secondary N) is 1. The number of esters is 1. The fourth-order valence-corrected chi connectivity index (χ4v) is 2.49. The molecule has 146 valence electrons. The molecular formula is C16H15F3N2O6. The fraction of sp³-hybridized carbons (Fsp3) is 0.312. The largest absolute Gasteiger partial charge is 0.478 e. The quantitative estimate of drug-likeness (QED) is 0.625. The Labute approximate surface area is 150 Å². The van der Waals surface area contributed by atoms with Crippen molar-refractivity contribution in [1.82, 2.24) is 4.90 Å². The van der Waals surface area contributed by atoms with Crippen LogP contribution in [-0.2, 0) is 20.5 Å². The molecule has 0 saturated heterocycles. The van der Waals surface area contributed by atoms with Crippen molar-refractivity contribution in [2.75, 3.05) is 32.1 Å². The number of carboxylic acids is 1. The zero-order chi connectivity index (χ0) is 20.4. The van der Waals surface area contributed by atoms with Crippen LogP contribution in [0.15, 0.2) is 29.5 Å². The van der Waals surface area contributed by atoms with Crippen LogP contribution in [0.25, 0.3) is 0 Å². The lowest BCUT2D eigenvalue weighted by atomic mass is 10.1. The number of β-amino-alcohol motifs (C(OH)–C–C–N with tert-alkyl or cyclic N) is 1. The minimum Gasteiger partial charge on any atom is -0.478 e. The number of carboxylic acid groups (broad SMARTS) is 1. The van der Waals surface area contributed by atoms with Crippen LogP contribution in [0.1, 0.15) is 15.9 Å². The highest BCUT2D eigenvalue weighted by molar-refractivity contribution is 6.09. The van der Waals surface area contributed by atoms with Crippen LogP contribution < -0.4 is 5.32 Å². The maximum Gasteiger partial charge on any atom is 0.416 e. The van der Waals surface area contributed by atoms with E-state index < -0.39 is 53.1 Å². The monoisotopic (exact) mass is 388 g/mol. The molecule has 0 atom stereocenters. The second kappa shape index (κ2) is 7.66. The van der Waals surface area contributed by atoms with Crippen molar-refractivity contribution >= 4 is 23.5 Å². The van der Waals surface area contributed by atoms with Crippen molar-refractivity contribution in [2.45, 2.75) is 6.18 Å². The summed E-state index contributed by atoms with van der Waals surface area (Å²) in [5.74, 6) is -3.21. The van der Waals surface area contributed by atoms with Crippen molar-refractivity contribution in [1.29, 1.82) is 0 Å². The van der Waals surface area contributed by atoms with Gasteiger partial charge in [0.25, 0.3) is 5.91 Å². The first kappa shape index (κ1) is 20.2. The van der Waals surface area contributed by atoms with E-state index >= 15 is 0 Å². The second-order valence-electron chi connectivity index (χ2n) is 5.48. The van der Waals surface area contributed by atoms with Crippen molar-refractivity contribution in [3.8, 4) is 0 Å². The molecule has 0 radical (unpaired) electrons. The molecule has 1 heterocycles. The van der Waals surface area contributed by atoms with Crippen LogP contribution in [0.4, 0.5) is 18.9 Å². The molecule has 0 aliphatic carbocycles. The van der Waals surface area contributed by atoms with Crippen LogP contribution >= 0.6 is 0 Å². The Morgan fingerprint density at radius 1 is 1.33 bits per heavy atom. The van der Waals surface area contributed by atoms with Gasteiger partial charge in [0.2, 0.25) is 0 Å². The Kier molecular flexibility index (Phi) is 5.74. The van der Waals surface area contributed by atoms with Gasteiger partial charge in [-0.1, -0.05) is 0 Å². The molecule has 3 N–H and O–H groups in total. The minimum absolute atomic E-state index is 0.126. The number of benzene rings is 1. The maximum atomic E-state index is 12.9. The average molecular weight is 388 g/mol. The highest BCUT2D eigenvalue weighted by Crippen LogP contribution is 2.33. The summed E-state index contributed by atoms with van der Waals surface area (Å²) >= 11 is 0. The van der Waals surface area contributed by atoms with Gasteiger partial charge >= 0.3 is 18.1 Å². The highest BCUT2D eigenvalue weighted by Gasteiger charge is 2.36. The molecule has 2 rings (SSSR count). The molecule has 1 amide bonds. The number of carbonyl (C=O) groups is 3. The summed E-state index contributed by atoms with van der Waals surface area (Å²) in [6, 6.07) is 1.88. The van der Waals surface area contributed by atoms with E-state index in [1.54, 1.807) is 0 Å². The number of aromatic carboxylic acids is 1. The van der Waals surface area contributed by atoms with E-state index in [4.69, 9.17) is 5.11 Å². The van der Waals surface area contributed by atoms with Gasteiger partial charge in [-0.2, -0.15) is 13.2 Å². The van der Waals surface area contributed by atoms with E-state index in [0.717, 1.165) is 18.1 Å². The molecule has 0 bridgehead atoms. The van der Waals surface area contributed by atoms with E-state index in [1.807, 2.05) is 0 Å². The molecular weight excluding hydrogens is 373 g/mol. The topological polar surface area (TPSA) is 116 Å². The first-order chi connectivity index (χ1) is 12.6. The molecule has 0 aromatic heterocycles. The number of nitrogens with zero attached hydrogens (tertiary/aromatic N) is 1. The van der Waals surface area contributed by atoms with Crippen LogP contribution in [0.3, 0.4) is 0 Å². The number of aliphatic hydroxyl groups is 1. The van der Waals surface area contributed by atoms with Gasteiger partial charge in [0.15, 0.2) is 0 Å². The molecule has 8 nitrogen and oxygen atoms in total. The third kappa shape index (κ3) is 4.19. The van der Waals surface area contributed by atoms with Crippen LogP contribution in [0.5, 0.6) is 0 Å².